The molecule has 2 fully saturated rings. The molecule has 2 rings (SSSR count). The lowest BCUT2D eigenvalue weighted by atomic mass is 9.97. The van der Waals surface area contributed by atoms with Gasteiger partial charge in [0.15, 0.2) is 0 Å². The molecule has 3 atom stereocenters. The Hall–Kier alpha value is 0.270. The van der Waals surface area contributed by atoms with E-state index in [1.165, 1.54) is 31.0 Å². The van der Waals surface area contributed by atoms with E-state index in [0.717, 1.165) is 18.4 Å². The van der Waals surface area contributed by atoms with Crippen LogP contribution in [0.15, 0.2) is 0 Å². The molecular formula is C11H22N2S. The summed E-state index contributed by atoms with van der Waals surface area (Å²) in [5.41, 5.74) is 6.34. The lowest BCUT2D eigenvalue weighted by Crippen LogP contribution is -2.53. The van der Waals surface area contributed by atoms with Crippen molar-refractivity contribution in [2.24, 2.45) is 17.6 Å². The quantitative estimate of drug-likeness (QED) is 0.753. The Morgan fingerprint density at radius 2 is 2.00 bits per heavy atom. The molecular weight excluding hydrogens is 192 g/mol. The summed E-state index contributed by atoms with van der Waals surface area (Å²) in [5.74, 6) is 4.26. The van der Waals surface area contributed by atoms with Crippen LogP contribution in [0.25, 0.3) is 0 Å². The summed E-state index contributed by atoms with van der Waals surface area (Å²) in [4.78, 5) is 2.67. The van der Waals surface area contributed by atoms with Crippen LogP contribution in [-0.4, -0.2) is 41.6 Å². The Balaban J connectivity index is 2.06. The average Bonchev–Trinajstić information content (AvgIpc) is 2.75. The fraction of sp³-hybridized carbons (Fsp3) is 1.00. The first-order chi connectivity index (χ1) is 6.68. The van der Waals surface area contributed by atoms with E-state index in [0.29, 0.717) is 5.54 Å². The van der Waals surface area contributed by atoms with E-state index in [9.17, 15) is 0 Å². The topological polar surface area (TPSA) is 29.3 Å². The van der Waals surface area contributed by atoms with Crippen molar-refractivity contribution < 1.29 is 0 Å². The first-order valence-corrected chi connectivity index (χ1v) is 6.86. The van der Waals surface area contributed by atoms with Gasteiger partial charge in [0.2, 0.25) is 0 Å². The fourth-order valence-corrected chi connectivity index (χ4v) is 4.15. The minimum atomic E-state index is 0.351. The lowest BCUT2D eigenvalue weighted by molar-refractivity contribution is 0.143. The van der Waals surface area contributed by atoms with Crippen LogP contribution < -0.4 is 5.73 Å². The maximum atomic E-state index is 5.98. The van der Waals surface area contributed by atoms with Gasteiger partial charge in [-0.05, 0) is 24.0 Å². The highest BCUT2D eigenvalue weighted by molar-refractivity contribution is 7.99. The molecule has 0 bridgehead atoms. The predicted molar refractivity (Wildman–Crippen MR) is 63.6 cm³/mol. The van der Waals surface area contributed by atoms with Gasteiger partial charge in [0.05, 0.1) is 0 Å². The van der Waals surface area contributed by atoms with Crippen LogP contribution in [0.1, 0.15) is 20.3 Å². The molecule has 0 spiro atoms. The van der Waals surface area contributed by atoms with Gasteiger partial charge in [0.1, 0.15) is 0 Å². The van der Waals surface area contributed by atoms with Crippen molar-refractivity contribution in [1.29, 1.82) is 0 Å². The molecule has 0 aliphatic carbocycles. The first-order valence-electron chi connectivity index (χ1n) is 5.71. The molecule has 3 unspecified atom stereocenters. The number of nitrogens with two attached hydrogens (primary N) is 1. The van der Waals surface area contributed by atoms with E-state index in [1.54, 1.807) is 0 Å². The van der Waals surface area contributed by atoms with Crippen molar-refractivity contribution in [1.82, 2.24) is 4.90 Å². The van der Waals surface area contributed by atoms with E-state index in [1.807, 2.05) is 0 Å². The minimum absolute atomic E-state index is 0.351. The van der Waals surface area contributed by atoms with Crippen molar-refractivity contribution >= 4 is 11.8 Å². The highest BCUT2D eigenvalue weighted by Gasteiger charge is 2.43. The molecule has 2 aliphatic rings. The third-order valence-electron chi connectivity index (χ3n) is 4.12. The minimum Gasteiger partial charge on any atom is -0.329 e. The van der Waals surface area contributed by atoms with Gasteiger partial charge in [0, 0.05) is 30.9 Å². The summed E-state index contributed by atoms with van der Waals surface area (Å²) < 4.78 is 0. The summed E-state index contributed by atoms with van der Waals surface area (Å²) >= 11 is 2.07. The highest BCUT2D eigenvalue weighted by Crippen LogP contribution is 2.37. The van der Waals surface area contributed by atoms with Gasteiger partial charge >= 0.3 is 0 Å². The highest BCUT2D eigenvalue weighted by atomic mass is 32.2. The van der Waals surface area contributed by atoms with E-state index in [-0.39, 0.29) is 0 Å². The number of likely N-dealkylation sites (tertiary alicyclic amines) is 1. The number of hydrogen-bond donors (Lipinski definition) is 1. The molecule has 2 N–H and O–H groups in total. The molecule has 0 radical (unpaired) electrons. The SMILES string of the molecule is CC1CN(C2(CN)CCSC2)CC1C. The van der Waals surface area contributed by atoms with E-state index in [4.69, 9.17) is 5.73 Å². The van der Waals surface area contributed by atoms with Gasteiger partial charge in [-0.1, -0.05) is 13.8 Å². The number of rotatable bonds is 2. The largest absolute Gasteiger partial charge is 0.329 e. The number of thioether (sulfide) groups is 1. The average molecular weight is 214 g/mol. The van der Waals surface area contributed by atoms with Gasteiger partial charge in [-0.2, -0.15) is 11.8 Å². The van der Waals surface area contributed by atoms with E-state index < -0.39 is 0 Å². The van der Waals surface area contributed by atoms with Crippen LogP contribution in [0.2, 0.25) is 0 Å². The van der Waals surface area contributed by atoms with E-state index in [2.05, 4.69) is 30.5 Å². The Morgan fingerprint density at radius 1 is 1.36 bits per heavy atom. The zero-order chi connectivity index (χ0) is 10.2. The molecule has 0 amide bonds. The summed E-state index contributed by atoms with van der Waals surface area (Å²) in [5, 5.41) is 0. The molecule has 0 aromatic heterocycles. The molecule has 0 aromatic carbocycles. The van der Waals surface area contributed by atoms with Crippen molar-refractivity contribution in [3.8, 4) is 0 Å². The van der Waals surface area contributed by atoms with Gasteiger partial charge in [-0.25, -0.2) is 0 Å². The number of hydrogen-bond acceptors (Lipinski definition) is 3. The van der Waals surface area contributed by atoms with Crippen molar-refractivity contribution in [2.75, 3.05) is 31.1 Å². The Labute approximate surface area is 91.6 Å². The van der Waals surface area contributed by atoms with Crippen LogP contribution >= 0.6 is 11.8 Å². The Bertz CT molecular complexity index is 191. The first kappa shape index (κ1) is 10.8. The van der Waals surface area contributed by atoms with Crippen LogP contribution in [0, 0.1) is 11.8 Å². The zero-order valence-corrected chi connectivity index (χ0v) is 10.1. The molecule has 2 nitrogen and oxygen atoms in total. The molecule has 2 heterocycles. The maximum absolute atomic E-state index is 5.98. The molecule has 82 valence electrons. The second-order valence-corrected chi connectivity index (χ2v) is 6.20. The molecule has 3 heteroatoms. The Kier molecular flexibility index (Phi) is 3.10. The Morgan fingerprint density at radius 3 is 2.43 bits per heavy atom. The summed E-state index contributed by atoms with van der Waals surface area (Å²) in [7, 11) is 0. The lowest BCUT2D eigenvalue weighted by Gasteiger charge is -2.37. The normalized spacial score (nSPS) is 44.8. The molecule has 2 saturated heterocycles. The number of nitrogens with zero attached hydrogens (tertiary/aromatic N) is 1. The standard InChI is InChI=1S/C11H22N2S/c1-9-5-13(6-10(9)2)11(7-12)3-4-14-8-11/h9-10H,3-8,12H2,1-2H3. The maximum Gasteiger partial charge on any atom is 0.0429 e. The summed E-state index contributed by atoms with van der Waals surface area (Å²) in [6.45, 7) is 8.12. The third-order valence-corrected chi connectivity index (χ3v) is 5.36. The summed E-state index contributed by atoms with van der Waals surface area (Å²) in [6.07, 6.45) is 1.30. The predicted octanol–water partition coefficient (Wildman–Crippen LogP) is 1.41. The van der Waals surface area contributed by atoms with Crippen LogP contribution in [0.5, 0.6) is 0 Å². The van der Waals surface area contributed by atoms with Crippen molar-refractivity contribution in [3.05, 3.63) is 0 Å². The van der Waals surface area contributed by atoms with Crippen LogP contribution in [-0.2, 0) is 0 Å². The zero-order valence-electron chi connectivity index (χ0n) is 9.33. The summed E-state index contributed by atoms with van der Waals surface area (Å²) in [6, 6.07) is 0. The van der Waals surface area contributed by atoms with Crippen molar-refractivity contribution in [3.63, 3.8) is 0 Å². The second-order valence-electron chi connectivity index (χ2n) is 5.09. The van der Waals surface area contributed by atoms with Gasteiger partial charge in [-0.3, -0.25) is 4.90 Å². The monoisotopic (exact) mass is 214 g/mol. The molecule has 0 aromatic rings. The van der Waals surface area contributed by atoms with Crippen LogP contribution in [0.4, 0.5) is 0 Å². The molecule has 14 heavy (non-hydrogen) atoms. The van der Waals surface area contributed by atoms with Gasteiger partial charge < -0.3 is 5.73 Å². The second kappa shape index (κ2) is 4.03. The van der Waals surface area contributed by atoms with Gasteiger partial charge in [0.25, 0.3) is 0 Å². The van der Waals surface area contributed by atoms with Gasteiger partial charge in [-0.15, -0.1) is 0 Å². The molecule has 0 saturated carbocycles. The fourth-order valence-electron chi connectivity index (χ4n) is 2.65. The van der Waals surface area contributed by atoms with Crippen molar-refractivity contribution in [2.45, 2.75) is 25.8 Å². The van der Waals surface area contributed by atoms with E-state index >= 15 is 0 Å². The smallest absolute Gasteiger partial charge is 0.0429 e. The van der Waals surface area contributed by atoms with Crippen LogP contribution in [0.3, 0.4) is 0 Å². The molecule has 2 aliphatic heterocycles. The third kappa shape index (κ3) is 1.70.